The molecular formula is C15H4F18O. The van der Waals surface area contributed by atoms with Crippen molar-refractivity contribution >= 4 is 0 Å². The molecule has 1 atom stereocenters. The van der Waals surface area contributed by atoms with Crippen molar-refractivity contribution in [1.29, 1.82) is 0 Å². The molecule has 1 rings (SSSR count). The first-order valence-electron chi connectivity index (χ1n) is 7.63. The fourth-order valence-electron chi connectivity index (χ4n) is 2.15. The molecule has 0 saturated heterocycles. The third-order valence-electron chi connectivity index (χ3n) is 3.74. The highest BCUT2D eigenvalue weighted by Crippen LogP contribution is 2.59. The predicted octanol–water partition coefficient (Wildman–Crippen LogP) is 7.69. The minimum atomic E-state index is -7.93. The van der Waals surface area contributed by atoms with E-state index in [0.29, 0.717) is 0 Å². The Hall–Kier alpha value is -2.50. The lowest BCUT2D eigenvalue weighted by Crippen LogP contribution is -2.63. The van der Waals surface area contributed by atoms with Crippen molar-refractivity contribution in [2.45, 2.75) is 42.2 Å². The van der Waals surface area contributed by atoms with Crippen molar-refractivity contribution in [2.75, 3.05) is 0 Å². The van der Waals surface area contributed by atoms with Gasteiger partial charge in [0, 0.05) is 0 Å². The first-order valence-corrected chi connectivity index (χ1v) is 7.63. The lowest BCUT2D eigenvalue weighted by Gasteiger charge is -2.38. The Labute approximate surface area is 174 Å². The van der Waals surface area contributed by atoms with E-state index in [1.807, 2.05) is 0 Å². The maximum atomic E-state index is 14.9. The van der Waals surface area contributed by atoms with Crippen LogP contribution in [0.2, 0.25) is 0 Å². The van der Waals surface area contributed by atoms with Crippen LogP contribution in [0.4, 0.5) is 79.0 Å². The molecule has 0 aliphatic carbocycles. The second kappa shape index (κ2) is 8.31. The summed E-state index contributed by atoms with van der Waals surface area (Å²) in [5, 5.41) is 0. The SMILES string of the molecule is F/C(=C(/C(F)(F)F)C(F)(Oc1ccc(F)cc1)C(F)(F)C(F)(F)F)C(F)(C(F)(F)F)C(F)(F)F. The number of halogens is 18. The van der Waals surface area contributed by atoms with Gasteiger partial charge in [-0.2, -0.15) is 65.9 Å². The maximum Gasteiger partial charge on any atom is 0.461 e. The van der Waals surface area contributed by atoms with Crippen LogP contribution >= 0.6 is 0 Å². The summed E-state index contributed by atoms with van der Waals surface area (Å²) in [5.74, 6) is -24.1. The van der Waals surface area contributed by atoms with Gasteiger partial charge in [-0.25, -0.2) is 13.2 Å². The fraction of sp³-hybridized carbons (Fsp3) is 0.467. The van der Waals surface area contributed by atoms with Gasteiger partial charge in [0.2, 0.25) is 0 Å². The van der Waals surface area contributed by atoms with E-state index in [0.717, 1.165) is 0 Å². The molecule has 0 heterocycles. The molecule has 19 heteroatoms. The summed E-state index contributed by atoms with van der Waals surface area (Å²) in [4.78, 5) is 0. The number of benzene rings is 1. The quantitative estimate of drug-likeness (QED) is 0.347. The molecule has 0 aromatic heterocycles. The zero-order chi connectivity index (χ0) is 27.3. The molecule has 1 nitrogen and oxygen atoms in total. The highest BCUT2D eigenvalue weighted by Gasteiger charge is 2.83. The van der Waals surface area contributed by atoms with Gasteiger partial charge in [0.1, 0.15) is 11.6 Å². The minimum Gasteiger partial charge on any atom is -0.448 e. The highest BCUT2D eigenvalue weighted by molar-refractivity contribution is 5.37. The van der Waals surface area contributed by atoms with Crippen LogP contribution in [-0.2, 0) is 0 Å². The second-order valence-corrected chi connectivity index (χ2v) is 6.06. The Morgan fingerprint density at radius 2 is 0.971 bits per heavy atom. The van der Waals surface area contributed by atoms with Crippen LogP contribution in [0.1, 0.15) is 0 Å². The molecule has 34 heavy (non-hydrogen) atoms. The van der Waals surface area contributed by atoms with Crippen molar-refractivity contribution < 1.29 is 83.8 Å². The first-order chi connectivity index (χ1) is 14.7. The van der Waals surface area contributed by atoms with Crippen molar-refractivity contribution in [3.63, 3.8) is 0 Å². The van der Waals surface area contributed by atoms with Crippen molar-refractivity contribution in [3.05, 3.63) is 41.5 Å². The van der Waals surface area contributed by atoms with Crippen LogP contribution in [0.5, 0.6) is 5.75 Å². The van der Waals surface area contributed by atoms with Crippen LogP contribution < -0.4 is 4.74 Å². The van der Waals surface area contributed by atoms with Crippen molar-refractivity contribution in [3.8, 4) is 5.75 Å². The van der Waals surface area contributed by atoms with Gasteiger partial charge >= 0.3 is 42.2 Å². The van der Waals surface area contributed by atoms with Crippen LogP contribution in [0.3, 0.4) is 0 Å². The Morgan fingerprint density at radius 3 is 1.26 bits per heavy atom. The highest BCUT2D eigenvalue weighted by atomic mass is 19.4. The van der Waals surface area contributed by atoms with E-state index in [9.17, 15) is 79.0 Å². The van der Waals surface area contributed by atoms with Crippen LogP contribution in [0.25, 0.3) is 0 Å². The molecule has 0 bridgehead atoms. The molecular weight excluding hydrogens is 538 g/mol. The average molecular weight is 542 g/mol. The number of hydrogen-bond acceptors (Lipinski definition) is 1. The molecule has 0 N–H and O–H groups in total. The van der Waals surface area contributed by atoms with E-state index in [-0.39, 0.29) is 24.3 Å². The number of ether oxygens (including phenoxy) is 1. The van der Waals surface area contributed by atoms with E-state index in [2.05, 4.69) is 4.74 Å². The summed E-state index contributed by atoms with van der Waals surface area (Å²) in [7, 11) is 0. The zero-order valence-corrected chi connectivity index (χ0v) is 15.0. The number of alkyl halides is 16. The molecule has 0 amide bonds. The summed E-state index contributed by atoms with van der Waals surface area (Å²) >= 11 is 0. The van der Waals surface area contributed by atoms with Gasteiger partial charge in [0.15, 0.2) is 11.4 Å². The Balaban J connectivity index is 4.26. The Bertz CT molecular complexity index is 886. The van der Waals surface area contributed by atoms with E-state index in [1.165, 1.54) is 0 Å². The van der Waals surface area contributed by atoms with E-state index >= 15 is 0 Å². The van der Waals surface area contributed by atoms with Crippen LogP contribution in [0.15, 0.2) is 35.7 Å². The minimum absolute atomic E-state index is 0.0142. The second-order valence-electron chi connectivity index (χ2n) is 6.06. The summed E-state index contributed by atoms with van der Waals surface area (Å²) < 4.78 is 240. The lowest BCUT2D eigenvalue weighted by atomic mass is 9.91. The summed E-state index contributed by atoms with van der Waals surface area (Å²) in [5.41, 5.74) is -13.2. The number of hydrogen-bond donors (Lipinski definition) is 0. The molecule has 196 valence electrons. The monoisotopic (exact) mass is 542 g/mol. The summed E-state index contributed by atoms with van der Waals surface area (Å²) in [6, 6.07) is -0.449. The van der Waals surface area contributed by atoms with Crippen LogP contribution in [-0.4, -0.2) is 42.2 Å². The molecule has 0 aliphatic heterocycles. The van der Waals surface area contributed by atoms with Gasteiger partial charge in [-0.1, -0.05) is 0 Å². The molecule has 1 aromatic rings. The summed E-state index contributed by atoms with van der Waals surface area (Å²) in [6.45, 7) is 0. The molecule has 0 spiro atoms. The maximum absolute atomic E-state index is 14.9. The van der Waals surface area contributed by atoms with Gasteiger partial charge in [-0.05, 0) is 24.3 Å². The largest absolute Gasteiger partial charge is 0.461 e. The van der Waals surface area contributed by atoms with Gasteiger partial charge in [0.05, 0.1) is 0 Å². The van der Waals surface area contributed by atoms with Crippen LogP contribution in [0, 0.1) is 5.82 Å². The molecule has 0 radical (unpaired) electrons. The molecule has 1 unspecified atom stereocenters. The molecule has 0 saturated carbocycles. The number of rotatable bonds is 5. The molecule has 0 fully saturated rings. The fourth-order valence-corrected chi connectivity index (χ4v) is 2.15. The van der Waals surface area contributed by atoms with Gasteiger partial charge in [-0.15, -0.1) is 0 Å². The predicted molar refractivity (Wildman–Crippen MR) is 72.0 cm³/mol. The average Bonchev–Trinajstić information content (AvgIpc) is 2.58. The Kier molecular flexibility index (Phi) is 7.22. The lowest BCUT2D eigenvalue weighted by molar-refractivity contribution is -0.364. The zero-order valence-electron chi connectivity index (χ0n) is 15.0. The van der Waals surface area contributed by atoms with E-state index in [4.69, 9.17) is 0 Å². The standard InChI is InChI=1S/C15H4F18O/c16-5-1-3-6(4-2-5)34-10(19,12(23,24)15(31,32)33)7(11(20,21)22)8(17)9(18,13(25,26)27)14(28,29)30/h1-4H/b8-7+. The number of allylic oxidation sites excluding steroid dienone is 1. The summed E-state index contributed by atoms with van der Waals surface area (Å²) in [6.07, 6.45) is -30.9. The van der Waals surface area contributed by atoms with Gasteiger partial charge in [0.25, 0.3) is 0 Å². The van der Waals surface area contributed by atoms with E-state index < -0.39 is 65.1 Å². The third-order valence-corrected chi connectivity index (χ3v) is 3.74. The van der Waals surface area contributed by atoms with E-state index in [1.54, 1.807) is 0 Å². The normalized spacial score (nSPS) is 17.2. The topological polar surface area (TPSA) is 9.23 Å². The van der Waals surface area contributed by atoms with Crippen molar-refractivity contribution in [1.82, 2.24) is 0 Å². The third kappa shape index (κ3) is 4.82. The van der Waals surface area contributed by atoms with Gasteiger partial charge in [-0.3, -0.25) is 0 Å². The molecule has 1 aromatic carbocycles. The molecule has 0 aliphatic rings. The van der Waals surface area contributed by atoms with Crippen molar-refractivity contribution in [2.24, 2.45) is 0 Å². The Morgan fingerprint density at radius 1 is 0.588 bits per heavy atom. The smallest absolute Gasteiger partial charge is 0.448 e. The van der Waals surface area contributed by atoms with Gasteiger partial charge < -0.3 is 4.74 Å². The first kappa shape index (κ1) is 29.5.